The largest absolute Gasteiger partial charge is 0.306 e. The minimum atomic E-state index is -0.233. The van der Waals surface area contributed by atoms with E-state index in [1.165, 1.54) is 6.07 Å². The van der Waals surface area contributed by atoms with Gasteiger partial charge in [0.05, 0.1) is 4.47 Å². The van der Waals surface area contributed by atoms with Crippen LogP contribution in [0, 0.1) is 5.82 Å². The molecule has 0 spiro atoms. The molecule has 0 saturated carbocycles. The van der Waals surface area contributed by atoms with E-state index in [4.69, 9.17) is 0 Å². The molecule has 94 valence electrons. The first-order valence-electron chi connectivity index (χ1n) is 5.74. The van der Waals surface area contributed by atoms with E-state index in [1.807, 2.05) is 24.4 Å². The fraction of sp³-hybridized carbons (Fsp3) is 0.214. The van der Waals surface area contributed by atoms with Gasteiger partial charge in [0.1, 0.15) is 5.82 Å². The Labute approximate surface area is 114 Å². The quantitative estimate of drug-likeness (QED) is 0.928. The third-order valence-electron chi connectivity index (χ3n) is 2.81. The van der Waals surface area contributed by atoms with Crippen LogP contribution in [0.1, 0.15) is 24.1 Å². The minimum absolute atomic E-state index is 0.175. The molecular formula is C14H14BrFN2. The number of nitrogens with zero attached hydrogens (tertiary/aromatic N) is 1. The van der Waals surface area contributed by atoms with Crippen molar-refractivity contribution in [2.75, 3.05) is 0 Å². The molecule has 18 heavy (non-hydrogen) atoms. The Bertz CT molecular complexity index is 516. The number of nitrogens with one attached hydrogen (secondary N) is 1. The number of hydrogen-bond acceptors (Lipinski definition) is 2. The molecule has 1 atom stereocenters. The monoisotopic (exact) mass is 308 g/mol. The van der Waals surface area contributed by atoms with E-state index in [2.05, 4.69) is 33.2 Å². The average Bonchev–Trinajstić information content (AvgIpc) is 2.41. The molecule has 2 nitrogen and oxygen atoms in total. The van der Waals surface area contributed by atoms with Crippen molar-refractivity contribution < 1.29 is 4.39 Å². The topological polar surface area (TPSA) is 24.9 Å². The summed E-state index contributed by atoms with van der Waals surface area (Å²) in [4.78, 5) is 4.08. The van der Waals surface area contributed by atoms with Crippen LogP contribution in [0.15, 0.2) is 47.2 Å². The first-order chi connectivity index (χ1) is 8.68. The standard InChI is InChI=1S/C14H14BrFN2/c1-10(11-5-3-7-17-8-11)18-9-12-4-2-6-13(16)14(12)15/h2-8,10,18H,9H2,1H3/t10-/m0/s1. The summed E-state index contributed by atoms with van der Waals surface area (Å²) in [5.74, 6) is -0.233. The molecule has 0 saturated heterocycles. The summed E-state index contributed by atoms with van der Waals surface area (Å²) >= 11 is 3.26. The van der Waals surface area contributed by atoms with E-state index < -0.39 is 0 Å². The molecule has 0 radical (unpaired) electrons. The van der Waals surface area contributed by atoms with Gasteiger partial charge in [-0.15, -0.1) is 0 Å². The molecule has 0 aliphatic rings. The van der Waals surface area contributed by atoms with Gasteiger partial charge in [-0.3, -0.25) is 4.98 Å². The van der Waals surface area contributed by atoms with Crippen LogP contribution in [0.3, 0.4) is 0 Å². The lowest BCUT2D eigenvalue weighted by molar-refractivity contribution is 0.565. The van der Waals surface area contributed by atoms with Crippen molar-refractivity contribution in [2.45, 2.75) is 19.5 Å². The van der Waals surface area contributed by atoms with Crippen LogP contribution in [0.2, 0.25) is 0 Å². The highest BCUT2D eigenvalue weighted by Crippen LogP contribution is 2.21. The van der Waals surface area contributed by atoms with Crippen molar-refractivity contribution >= 4 is 15.9 Å². The fourth-order valence-corrected chi connectivity index (χ4v) is 2.10. The molecule has 0 amide bonds. The maximum absolute atomic E-state index is 13.3. The second kappa shape index (κ2) is 6.07. The first-order valence-corrected chi connectivity index (χ1v) is 6.54. The highest BCUT2D eigenvalue weighted by atomic mass is 79.9. The maximum atomic E-state index is 13.3. The molecule has 2 aromatic rings. The Morgan fingerprint density at radius 3 is 2.89 bits per heavy atom. The Kier molecular flexibility index (Phi) is 4.44. The summed E-state index contributed by atoms with van der Waals surface area (Å²) in [7, 11) is 0. The summed E-state index contributed by atoms with van der Waals surface area (Å²) in [5.41, 5.74) is 2.02. The van der Waals surface area contributed by atoms with Gasteiger partial charge < -0.3 is 5.32 Å². The highest BCUT2D eigenvalue weighted by molar-refractivity contribution is 9.10. The van der Waals surface area contributed by atoms with Crippen molar-refractivity contribution in [1.29, 1.82) is 0 Å². The van der Waals surface area contributed by atoms with Crippen LogP contribution in [-0.4, -0.2) is 4.98 Å². The van der Waals surface area contributed by atoms with E-state index in [0.29, 0.717) is 11.0 Å². The van der Waals surface area contributed by atoms with Gasteiger partial charge in [0, 0.05) is 25.0 Å². The van der Waals surface area contributed by atoms with E-state index in [-0.39, 0.29) is 11.9 Å². The summed E-state index contributed by atoms with van der Waals surface area (Å²) in [6.45, 7) is 2.67. The van der Waals surface area contributed by atoms with Gasteiger partial charge in [-0.2, -0.15) is 0 Å². The van der Waals surface area contributed by atoms with Gasteiger partial charge in [-0.1, -0.05) is 18.2 Å². The van der Waals surface area contributed by atoms with Gasteiger partial charge in [-0.25, -0.2) is 4.39 Å². The number of benzene rings is 1. The Morgan fingerprint density at radius 2 is 2.17 bits per heavy atom. The van der Waals surface area contributed by atoms with Crippen LogP contribution >= 0.6 is 15.9 Å². The molecule has 0 aliphatic heterocycles. The molecule has 4 heteroatoms. The Hall–Kier alpha value is -1.26. The number of halogens is 2. The van der Waals surface area contributed by atoms with Crippen molar-refractivity contribution in [3.8, 4) is 0 Å². The van der Waals surface area contributed by atoms with Crippen LogP contribution in [0.25, 0.3) is 0 Å². The SMILES string of the molecule is C[C@H](NCc1cccc(F)c1Br)c1cccnc1. The number of hydrogen-bond donors (Lipinski definition) is 1. The van der Waals surface area contributed by atoms with Crippen LogP contribution in [0.4, 0.5) is 4.39 Å². The van der Waals surface area contributed by atoms with Gasteiger partial charge in [0.25, 0.3) is 0 Å². The van der Waals surface area contributed by atoms with Crippen LogP contribution in [0.5, 0.6) is 0 Å². The Balaban J connectivity index is 2.02. The smallest absolute Gasteiger partial charge is 0.137 e. The molecule has 0 aliphatic carbocycles. The van der Waals surface area contributed by atoms with E-state index >= 15 is 0 Å². The lowest BCUT2D eigenvalue weighted by Crippen LogP contribution is -2.18. The lowest BCUT2D eigenvalue weighted by atomic mass is 10.1. The molecule has 0 unspecified atom stereocenters. The van der Waals surface area contributed by atoms with Crippen LogP contribution < -0.4 is 5.32 Å². The molecular weight excluding hydrogens is 295 g/mol. The van der Waals surface area contributed by atoms with E-state index in [1.54, 1.807) is 12.3 Å². The van der Waals surface area contributed by atoms with Crippen molar-refractivity contribution in [3.05, 3.63) is 64.1 Å². The van der Waals surface area contributed by atoms with Crippen LogP contribution in [-0.2, 0) is 6.54 Å². The summed E-state index contributed by atoms with van der Waals surface area (Å²) in [6, 6.07) is 9.16. The predicted octanol–water partition coefficient (Wildman–Crippen LogP) is 3.83. The third-order valence-corrected chi connectivity index (χ3v) is 3.70. The summed E-state index contributed by atoms with van der Waals surface area (Å²) in [5, 5.41) is 3.35. The molecule has 2 rings (SSSR count). The first kappa shape index (κ1) is 13.2. The van der Waals surface area contributed by atoms with Gasteiger partial charge in [-0.05, 0) is 46.1 Å². The van der Waals surface area contributed by atoms with Gasteiger partial charge >= 0.3 is 0 Å². The third kappa shape index (κ3) is 3.15. The molecule has 1 aromatic carbocycles. The Morgan fingerprint density at radius 1 is 1.33 bits per heavy atom. The zero-order valence-electron chi connectivity index (χ0n) is 10.0. The lowest BCUT2D eigenvalue weighted by Gasteiger charge is -2.14. The minimum Gasteiger partial charge on any atom is -0.306 e. The van der Waals surface area contributed by atoms with Crippen molar-refractivity contribution in [2.24, 2.45) is 0 Å². The highest BCUT2D eigenvalue weighted by Gasteiger charge is 2.08. The van der Waals surface area contributed by atoms with Gasteiger partial charge in [0.15, 0.2) is 0 Å². The predicted molar refractivity (Wildman–Crippen MR) is 73.6 cm³/mol. The zero-order chi connectivity index (χ0) is 13.0. The van der Waals surface area contributed by atoms with E-state index in [0.717, 1.165) is 11.1 Å². The molecule has 0 fully saturated rings. The maximum Gasteiger partial charge on any atom is 0.137 e. The number of rotatable bonds is 4. The second-order valence-corrected chi connectivity index (χ2v) is 4.89. The molecule has 1 N–H and O–H groups in total. The second-order valence-electron chi connectivity index (χ2n) is 4.10. The van der Waals surface area contributed by atoms with Crippen molar-refractivity contribution in [1.82, 2.24) is 10.3 Å². The number of aromatic nitrogens is 1. The molecule has 0 bridgehead atoms. The molecule has 1 heterocycles. The summed E-state index contributed by atoms with van der Waals surface area (Å²) < 4.78 is 13.9. The zero-order valence-corrected chi connectivity index (χ0v) is 11.6. The normalized spacial score (nSPS) is 12.4. The van der Waals surface area contributed by atoms with E-state index in [9.17, 15) is 4.39 Å². The average molecular weight is 309 g/mol. The number of pyridine rings is 1. The molecule has 1 aromatic heterocycles. The fourth-order valence-electron chi connectivity index (χ4n) is 1.70. The van der Waals surface area contributed by atoms with Gasteiger partial charge in [0.2, 0.25) is 0 Å². The summed E-state index contributed by atoms with van der Waals surface area (Å²) in [6.07, 6.45) is 3.58. The van der Waals surface area contributed by atoms with Crippen molar-refractivity contribution in [3.63, 3.8) is 0 Å².